The van der Waals surface area contributed by atoms with Gasteiger partial charge in [-0.15, -0.1) is 11.3 Å². The Morgan fingerprint density at radius 2 is 2.18 bits per heavy atom. The molecule has 0 radical (unpaired) electrons. The predicted molar refractivity (Wildman–Crippen MR) is 78.6 cm³/mol. The number of hydrogen-bond donors (Lipinski definition) is 1. The molecule has 17 heavy (non-hydrogen) atoms. The summed E-state index contributed by atoms with van der Waals surface area (Å²) in [5.74, 6) is 0. The quantitative estimate of drug-likeness (QED) is 0.821. The van der Waals surface area contributed by atoms with Crippen LogP contribution in [-0.2, 0) is 11.8 Å². The number of nitrogens with two attached hydrogens (primary N) is 1. The zero-order valence-corrected chi connectivity index (χ0v) is 12.0. The van der Waals surface area contributed by atoms with Gasteiger partial charge in [0.05, 0.1) is 5.00 Å². The Morgan fingerprint density at radius 1 is 1.47 bits per heavy atom. The highest BCUT2D eigenvalue weighted by Crippen LogP contribution is 2.48. The number of rotatable bonds is 3. The first-order valence-electron chi connectivity index (χ1n) is 6.57. The van der Waals surface area contributed by atoms with Crippen molar-refractivity contribution in [3.05, 3.63) is 22.6 Å². The van der Waals surface area contributed by atoms with E-state index < -0.39 is 0 Å². The maximum atomic E-state index is 6.23. The zero-order valence-electron chi connectivity index (χ0n) is 11.2. The minimum absolute atomic E-state index is 0.272. The van der Waals surface area contributed by atoms with Gasteiger partial charge in [-0.1, -0.05) is 33.8 Å². The molecule has 0 aromatic carbocycles. The molecule has 1 nitrogen and oxygen atoms in total. The molecular weight excluding hydrogens is 226 g/mol. The zero-order chi connectivity index (χ0) is 12.6. The summed E-state index contributed by atoms with van der Waals surface area (Å²) in [6.07, 6.45) is 5.96. The molecular formula is C15H23NS. The predicted octanol–water partition coefficient (Wildman–Crippen LogP) is 4.76. The largest absolute Gasteiger partial charge is 0.390 e. The van der Waals surface area contributed by atoms with E-state index in [1.54, 1.807) is 11.3 Å². The molecule has 0 spiro atoms. The second-order valence-electron chi connectivity index (χ2n) is 5.73. The van der Waals surface area contributed by atoms with Crippen molar-refractivity contribution in [3.8, 4) is 0 Å². The normalized spacial score (nSPS) is 17.8. The van der Waals surface area contributed by atoms with Crippen LogP contribution in [0.15, 0.2) is 6.58 Å². The van der Waals surface area contributed by atoms with Crippen LogP contribution >= 0.6 is 11.3 Å². The van der Waals surface area contributed by atoms with Crippen LogP contribution < -0.4 is 5.73 Å². The van der Waals surface area contributed by atoms with E-state index in [9.17, 15) is 0 Å². The number of fused-ring (bicyclic) bond motifs is 1. The second-order valence-corrected chi connectivity index (χ2v) is 6.87. The van der Waals surface area contributed by atoms with Crippen LogP contribution in [0.3, 0.4) is 0 Å². The van der Waals surface area contributed by atoms with Gasteiger partial charge in [-0.2, -0.15) is 0 Å². The maximum Gasteiger partial charge on any atom is 0.0938 e. The topological polar surface area (TPSA) is 26.0 Å². The third-order valence-electron chi connectivity index (χ3n) is 3.80. The van der Waals surface area contributed by atoms with Gasteiger partial charge < -0.3 is 5.73 Å². The molecule has 0 amide bonds. The summed E-state index contributed by atoms with van der Waals surface area (Å²) in [5.41, 5.74) is 10.5. The lowest BCUT2D eigenvalue weighted by Crippen LogP contribution is -2.23. The molecule has 0 bridgehead atoms. The van der Waals surface area contributed by atoms with Gasteiger partial charge in [-0.05, 0) is 42.2 Å². The number of anilines is 1. The van der Waals surface area contributed by atoms with E-state index in [2.05, 4.69) is 27.4 Å². The summed E-state index contributed by atoms with van der Waals surface area (Å²) in [7, 11) is 0. The Kier molecular flexibility index (Phi) is 3.35. The highest BCUT2D eigenvalue weighted by atomic mass is 32.1. The monoisotopic (exact) mass is 249 g/mol. The van der Waals surface area contributed by atoms with Gasteiger partial charge in [0.1, 0.15) is 0 Å². The minimum atomic E-state index is 0.272. The average molecular weight is 249 g/mol. The van der Waals surface area contributed by atoms with Crippen molar-refractivity contribution in [2.45, 2.75) is 58.3 Å². The van der Waals surface area contributed by atoms with Gasteiger partial charge in [0.15, 0.2) is 0 Å². The van der Waals surface area contributed by atoms with E-state index >= 15 is 0 Å². The summed E-state index contributed by atoms with van der Waals surface area (Å²) in [6, 6.07) is 0. The number of aryl methyl sites for hydroxylation is 1. The van der Waals surface area contributed by atoms with E-state index in [-0.39, 0.29) is 5.41 Å². The first-order chi connectivity index (χ1) is 7.97. The summed E-state index contributed by atoms with van der Waals surface area (Å²) < 4.78 is 0. The molecule has 1 aromatic heterocycles. The Bertz CT molecular complexity index is 440. The van der Waals surface area contributed by atoms with E-state index in [4.69, 9.17) is 5.73 Å². The average Bonchev–Trinajstić information content (AvgIpc) is 2.56. The van der Waals surface area contributed by atoms with E-state index in [1.807, 2.05) is 0 Å². The van der Waals surface area contributed by atoms with E-state index in [0.29, 0.717) is 0 Å². The summed E-state index contributed by atoms with van der Waals surface area (Å²) >= 11 is 1.79. The summed E-state index contributed by atoms with van der Waals surface area (Å²) in [5, 5.41) is 0.989. The fourth-order valence-electron chi connectivity index (χ4n) is 2.98. The molecule has 1 aliphatic carbocycles. The first-order valence-corrected chi connectivity index (χ1v) is 7.38. The molecule has 0 aliphatic heterocycles. The fraction of sp³-hybridized carbons (Fsp3) is 0.600. The van der Waals surface area contributed by atoms with Crippen LogP contribution in [0.25, 0.3) is 5.57 Å². The van der Waals surface area contributed by atoms with Gasteiger partial charge in [0.2, 0.25) is 0 Å². The van der Waals surface area contributed by atoms with Crippen LogP contribution in [0.1, 0.15) is 62.5 Å². The molecule has 0 atom stereocenters. The maximum absolute atomic E-state index is 6.23. The fourth-order valence-corrected chi connectivity index (χ4v) is 4.32. The Morgan fingerprint density at radius 3 is 2.82 bits per heavy atom. The number of hydrogen-bond acceptors (Lipinski definition) is 2. The summed E-state index contributed by atoms with van der Waals surface area (Å²) in [4.78, 5) is 1.51. The smallest absolute Gasteiger partial charge is 0.0938 e. The van der Waals surface area contributed by atoms with Gasteiger partial charge in [-0.25, -0.2) is 0 Å². The molecule has 1 heterocycles. The lowest BCUT2D eigenvalue weighted by Gasteiger charge is -2.31. The number of allylic oxidation sites excluding steroid dienone is 1. The van der Waals surface area contributed by atoms with Crippen LogP contribution in [-0.4, -0.2) is 0 Å². The molecule has 0 unspecified atom stereocenters. The Hall–Kier alpha value is -0.760. The Labute approximate surface area is 109 Å². The van der Waals surface area contributed by atoms with Gasteiger partial charge >= 0.3 is 0 Å². The van der Waals surface area contributed by atoms with Crippen molar-refractivity contribution < 1.29 is 0 Å². The molecule has 0 fully saturated rings. The van der Waals surface area contributed by atoms with Gasteiger partial charge in [-0.3, -0.25) is 0 Å². The standard InChI is InChI=1S/C15H23NS/c1-5-7-10(2)12-13-11(17-14(12)16)8-6-9-15(13,3)4/h2,5-9,16H2,1,3-4H3. The van der Waals surface area contributed by atoms with Crippen molar-refractivity contribution in [1.29, 1.82) is 0 Å². The lowest BCUT2D eigenvalue weighted by atomic mass is 9.73. The second kappa shape index (κ2) is 4.49. The lowest BCUT2D eigenvalue weighted by molar-refractivity contribution is 0.435. The Balaban J connectivity index is 2.53. The number of thiophene rings is 1. The summed E-state index contributed by atoms with van der Waals surface area (Å²) in [6.45, 7) is 11.1. The molecule has 2 rings (SSSR count). The van der Waals surface area contributed by atoms with Crippen LogP contribution in [0.2, 0.25) is 0 Å². The van der Waals surface area contributed by atoms with E-state index in [0.717, 1.165) is 17.8 Å². The molecule has 1 aromatic rings. The third-order valence-corrected chi connectivity index (χ3v) is 4.87. The molecule has 1 aliphatic rings. The molecule has 2 heteroatoms. The van der Waals surface area contributed by atoms with Crippen molar-refractivity contribution in [2.24, 2.45) is 0 Å². The van der Waals surface area contributed by atoms with Crippen molar-refractivity contribution in [1.82, 2.24) is 0 Å². The third kappa shape index (κ3) is 2.15. The molecule has 0 saturated heterocycles. The van der Waals surface area contributed by atoms with Crippen molar-refractivity contribution in [2.75, 3.05) is 5.73 Å². The first kappa shape index (κ1) is 12.7. The molecule has 94 valence electrons. The molecule has 2 N–H and O–H groups in total. The van der Waals surface area contributed by atoms with Gasteiger partial charge in [0, 0.05) is 10.4 Å². The SMILES string of the molecule is C=C(CCC)c1c(N)sc2c1C(C)(C)CCC2. The minimum Gasteiger partial charge on any atom is -0.390 e. The van der Waals surface area contributed by atoms with Crippen LogP contribution in [0.4, 0.5) is 5.00 Å². The highest BCUT2D eigenvalue weighted by molar-refractivity contribution is 7.16. The van der Waals surface area contributed by atoms with Gasteiger partial charge in [0.25, 0.3) is 0 Å². The number of nitrogen functional groups attached to an aromatic ring is 1. The van der Waals surface area contributed by atoms with E-state index in [1.165, 1.54) is 40.8 Å². The van der Waals surface area contributed by atoms with Crippen LogP contribution in [0.5, 0.6) is 0 Å². The van der Waals surface area contributed by atoms with Crippen LogP contribution in [0, 0.1) is 0 Å². The highest BCUT2D eigenvalue weighted by Gasteiger charge is 2.33. The molecule has 0 saturated carbocycles. The van der Waals surface area contributed by atoms with Crippen molar-refractivity contribution >= 4 is 21.9 Å². The van der Waals surface area contributed by atoms with Crippen molar-refractivity contribution in [3.63, 3.8) is 0 Å².